The summed E-state index contributed by atoms with van der Waals surface area (Å²) in [7, 11) is 0. The minimum atomic E-state index is -0.369. The number of carbonyl (C=O) groups is 1. The average Bonchev–Trinajstić information content (AvgIpc) is 2.70. The Morgan fingerprint density at radius 1 is 1.18 bits per heavy atom. The zero-order valence-electron chi connectivity index (χ0n) is 17.8. The minimum absolute atomic E-state index is 0.0359. The molecule has 2 fully saturated rings. The molecule has 2 aliphatic heterocycles. The summed E-state index contributed by atoms with van der Waals surface area (Å²) < 4.78 is 5.79. The van der Waals surface area contributed by atoms with Crippen molar-refractivity contribution < 1.29 is 9.53 Å². The van der Waals surface area contributed by atoms with E-state index in [0.717, 1.165) is 32.1 Å². The van der Waals surface area contributed by atoms with Crippen LogP contribution in [-0.2, 0) is 16.1 Å². The first kappa shape index (κ1) is 21.3. The summed E-state index contributed by atoms with van der Waals surface area (Å²) in [5.74, 6) is 1.38. The van der Waals surface area contributed by atoms with Crippen LogP contribution in [0, 0.1) is 11.8 Å². The molecule has 2 unspecified atom stereocenters. The van der Waals surface area contributed by atoms with Crippen molar-refractivity contribution in [2.24, 2.45) is 11.8 Å². The van der Waals surface area contributed by atoms with Crippen molar-refractivity contribution in [1.82, 2.24) is 15.1 Å². The molecule has 0 spiro atoms. The Hall–Kier alpha value is -1.43. The summed E-state index contributed by atoms with van der Waals surface area (Å²) in [4.78, 5) is 17.7. The first-order chi connectivity index (χ1) is 13.5. The maximum Gasteiger partial charge on any atom is 0.250 e. The van der Waals surface area contributed by atoms with Gasteiger partial charge in [-0.05, 0) is 43.3 Å². The van der Waals surface area contributed by atoms with Gasteiger partial charge in [-0.25, -0.2) is 0 Å². The van der Waals surface area contributed by atoms with Crippen LogP contribution in [0.1, 0.15) is 39.2 Å². The van der Waals surface area contributed by atoms with Gasteiger partial charge in [0.05, 0.1) is 6.61 Å². The van der Waals surface area contributed by atoms with Gasteiger partial charge >= 0.3 is 0 Å². The number of benzene rings is 1. The first-order valence-corrected chi connectivity index (χ1v) is 10.9. The molecule has 0 saturated carbocycles. The van der Waals surface area contributed by atoms with Gasteiger partial charge in [0.15, 0.2) is 0 Å². The van der Waals surface area contributed by atoms with Crippen LogP contribution < -0.4 is 5.32 Å². The van der Waals surface area contributed by atoms with Gasteiger partial charge in [-0.15, -0.1) is 0 Å². The molecule has 2 heterocycles. The van der Waals surface area contributed by atoms with E-state index in [1.807, 2.05) is 6.07 Å². The van der Waals surface area contributed by atoms with E-state index in [0.29, 0.717) is 31.7 Å². The Kier molecular flexibility index (Phi) is 7.89. The Morgan fingerprint density at radius 3 is 2.57 bits per heavy atom. The zero-order valence-corrected chi connectivity index (χ0v) is 17.8. The summed E-state index contributed by atoms with van der Waals surface area (Å²) in [6.07, 6.45) is 2.15. The van der Waals surface area contributed by atoms with E-state index >= 15 is 0 Å². The standard InChI is InChI=1S/C23H37N3O2/c1-18(2)21(26-11-9-19(3)10-12-26)15-24-23(27)22-17-25(13-14-28-22)16-20-7-5-4-6-8-20/h4-8,18-19,21-22H,9-17H2,1-3H3,(H,24,27). The van der Waals surface area contributed by atoms with Gasteiger partial charge in [0, 0.05) is 32.2 Å². The molecule has 0 bridgehead atoms. The molecule has 0 aliphatic carbocycles. The van der Waals surface area contributed by atoms with Gasteiger partial charge in [-0.3, -0.25) is 14.6 Å². The van der Waals surface area contributed by atoms with Crippen LogP contribution in [0.4, 0.5) is 0 Å². The van der Waals surface area contributed by atoms with Crippen LogP contribution in [-0.4, -0.2) is 67.2 Å². The summed E-state index contributed by atoms with van der Waals surface area (Å²) >= 11 is 0. The highest BCUT2D eigenvalue weighted by Crippen LogP contribution is 2.21. The monoisotopic (exact) mass is 387 g/mol. The lowest BCUT2D eigenvalue weighted by Gasteiger charge is -2.39. The number of ether oxygens (including phenoxy) is 1. The van der Waals surface area contributed by atoms with E-state index in [1.165, 1.54) is 18.4 Å². The SMILES string of the molecule is CC1CCN(C(CNC(=O)C2CN(Cc3ccccc3)CCO2)C(C)C)CC1. The second-order valence-electron chi connectivity index (χ2n) is 8.86. The van der Waals surface area contributed by atoms with E-state index in [1.54, 1.807) is 0 Å². The second-order valence-corrected chi connectivity index (χ2v) is 8.86. The molecule has 1 N–H and O–H groups in total. The lowest BCUT2D eigenvalue weighted by molar-refractivity contribution is -0.139. The molecule has 1 aromatic carbocycles. The average molecular weight is 388 g/mol. The summed E-state index contributed by atoms with van der Waals surface area (Å²) in [5.41, 5.74) is 1.28. The number of hydrogen-bond acceptors (Lipinski definition) is 4. The van der Waals surface area contributed by atoms with Crippen LogP contribution >= 0.6 is 0 Å². The van der Waals surface area contributed by atoms with Crippen LogP contribution in [0.15, 0.2) is 30.3 Å². The highest BCUT2D eigenvalue weighted by Gasteiger charge is 2.29. The predicted molar refractivity (Wildman–Crippen MR) is 113 cm³/mol. The van der Waals surface area contributed by atoms with Crippen LogP contribution in [0.2, 0.25) is 0 Å². The summed E-state index contributed by atoms with van der Waals surface area (Å²) in [6, 6.07) is 10.8. The fourth-order valence-corrected chi connectivity index (χ4v) is 4.31. The normalized spacial score (nSPS) is 23.6. The molecule has 2 atom stereocenters. The van der Waals surface area contributed by atoms with Crippen molar-refractivity contribution in [2.45, 2.75) is 52.3 Å². The number of nitrogens with zero attached hydrogens (tertiary/aromatic N) is 2. The Labute approximate surface area is 170 Å². The molecular formula is C23H37N3O2. The highest BCUT2D eigenvalue weighted by molar-refractivity contribution is 5.81. The molecule has 1 aromatic rings. The van der Waals surface area contributed by atoms with Gasteiger partial charge in [-0.1, -0.05) is 51.1 Å². The predicted octanol–water partition coefficient (Wildman–Crippen LogP) is 2.76. The third kappa shape index (κ3) is 6.03. The molecule has 156 valence electrons. The molecule has 5 nitrogen and oxygen atoms in total. The van der Waals surface area contributed by atoms with Crippen molar-refractivity contribution in [2.75, 3.05) is 39.3 Å². The van der Waals surface area contributed by atoms with E-state index in [9.17, 15) is 4.79 Å². The quantitative estimate of drug-likeness (QED) is 0.781. The second kappa shape index (κ2) is 10.4. The Bertz CT molecular complexity index is 599. The van der Waals surface area contributed by atoms with Gasteiger partial charge in [0.2, 0.25) is 0 Å². The van der Waals surface area contributed by atoms with Crippen molar-refractivity contribution in [3.8, 4) is 0 Å². The third-order valence-electron chi connectivity index (χ3n) is 6.23. The molecule has 5 heteroatoms. The maximum absolute atomic E-state index is 12.8. The number of hydrogen-bond donors (Lipinski definition) is 1. The number of morpholine rings is 1. The zero-order chi connectivity index (χ0) is 19.9. The van der Waals surface area contributed by atoms with E-state index < -0.39 is 0 Å². The van der Waals surface area contributed by atoms with Crippen molar-refractivity contribution in [3.63, 3.8) is 0 Å². The maximum atomic E-state index is 12.8. The van der Waals surface area contributed by atoms with Crippen molar-refractivity contribution >= 4 is 5.91 Å². The molecule has 2 aliphatic rings. The molecule has 1 amide bonds. The Balaban J connectivity index is 1.48. The van der Waals surface area contributed by atoms with Crippen LogP contribution in [0.5, 0.6) is 0 Å². The summed E-state index contributed by atoms with van der Waals surface area (Å²) in [5, 5.41) is 3.19. The number of piperidine rings is 1. The van der Waals surface area contributed by atoms with Crippen LogP contribution in [0.25, 0.3) is 0 Å². The number of rotatable bonds is 7. The first-order valence-electron chi connectivity index (χ1n) is 10.9. The lowest BCUT2D eigenvalue weighted by Crippen LogP contribution is -2.54. The molecule has 2 saturated heterocycles. The van der Waals surface area contributed by atoms with Gasteiger partial charge in [0.1, 0.15) is 6.10 Å². The number of amides is 1. The van der Waals surface area contributed by atoms with Crippen molar-refractivity contribution in [1.29, 1.82) is 0 Å². The lowest BCUT2D eigenvalue weighted by atomic mass is 9.94. The summed E-state index contributed by atoms with van der Waals surface area (Å²) in [6.45, 7) is 12.9. The third-order valence-corrected chi connectivity index (χ3v) is 6.23. The van der Waals surface area contributed by atoms with E-state index in [-0.39, 0.29) is 12.0 Å². The van der Waals surface area contributed by atoms with Crippen molar-refractivity contribution in [3.05, 3.63) is 35.9 Å². The molecular weight excluding hydrogens is 350 g/mol. The largest absolute Gasteiger partial charge is 0.366 e. The fraction of sp³-hybridized carbons (Fsp3) is 0.696. The highest BCUT2D eigenvalue weighted by atomic mass is 16.5. The number of nitrogens with one attached hydrogen (secondary N) is 1. The Morgan fingerprint density at radius 2 is 1.89 bits per heavy atom. The molecule has 0 radical (unpaired) electrons. The number of likely N-dealkylation sites (tertiary alicyclic amines) is 1. The smallest absolute Gasteiger partial charge is 0.250 e. The van der Waals surface area contributed by atoms with Gasteiger partial charge in [0.25, 0.3) is 5.91 Å². The van der Waals surface area contributed by atoms with Crippen LogP contribution in [0.3, 0.4) is 0 Å². The number of carbonyl (C=O) groups excluding carboxylic acids is 1. The topological polar surface area (TPSA) is 44.8 Å². The van der Waals surface area contributed by atoms with Gasteiger partial charge in [-0.2, -0.15) is 0 Å². The van der Waals surface area contributed by atoms with Gasteiger partial charge < -0.3 is 10.1 Å². The fourth-order valence-electron chi connectivity index (χ4n) is 4.31. The van der Waals surface area contributed by atoms with E-state index in [2.05, 4.69) is 60.2 Å². The molecule has 0 aromatic heterocycles. The minimum Gasteiger partial charge on any atom is -0.366 e. The molecule has 28 heavy (non-hydrogen) atoms. The molecule has 3 rings (SSSR count). The van der Waals surface area contributed by atoms with E-state index in [4.69, 9.17) is 4.74 Å².